The number of aliphatic carboxylic acids is 1. The number of aromatic nitrogens is 1. The number of anilines is 5. The summed E-state index contributed by atoms with van der Waals surface area (Å²) in [7, 11) is 1.59. The van der Waals surface area contributed by atoms with Crippen molar-refractivity contribution in [3.05, 3.63) is 96.2 Å². The molecule has 0 saturated carbocycles. The summed E-state index contributed by atoms with van der Waals surface area (Å²) in [6, 6.07) is 22.8. The van der Waals surface area contributed by atoms with Crippen molar-refractivity contribution in [3.8, 4) is 23.0 Å². The molecule has 0 saturated heterocycles. The summed E-state index contributed by atoms with van der Waals surface area (Å²) >= 11 is 0. The van der Waals surface area contributed by atoms with Crippen LogP contribution in [-0.4, -0.2) is 59.2 Å². The maximum Gasteiger partial charge on any atom is 0.323 e. The number of amides is 3. The maximum absolute atomic E-state index is 13.5. The first-order valence-corrected chi connectivity index (χ1v) is 19.3. The van der Waals surface area contributed by atoms with Gasteiger partial charge in [-0.05, 0) is 66.3 Å². The summed E-state index contributed by atoms with van der Waals surface area (Å²) in [5, 5.41) is 22.2. The molecule has 0 aliphatic rings. The molecule has 3 amide bonds. The van der Waals surface area contributed by atoms with Crippen LogP contribution in [0.15, 0.2) is 85.1 Å². The largest absolute Gasteiger partial charge is 0.496 e. The summed E-state index contributed by atoms with van der Waals surface area (Å²) in [6.45, 7) is 6.48. The van der Waals surface area contributed by atoms with E-state index in [9.17, 15) is 18.6 Å². The highest BCUT2D eigenvalue weighted by Crippen LogP contribution is 2.40. The molecule has 4 aromatic carbocycles. The van der Waals surface area contributed by atoms with Crippen LogP contribution in [0.1, 0.15) is 56.0 Å². The number of hydrogen-bond acceptors (Lipinski definition) is 9. The molecule has 1 aromatic heterocycles. The first kappa shape index (κ1) is 40.8. The number of urea groups is 1. The second kappa shape index (κ2) is 18.3. The summed E-state index contributed by atoms with van der Waals surface area (Å²) in [6.07, 6.45) is 4.19. The minimum Gasteiger partial charge on any atom is -0.496 e. The Morgan fingerprint density at radius 3 is 2.25 bits per heavy atom. The van der Waals surface area contributed by atoms with E-state index in [4.69, 9.17) is 19.3 Å². The molecule has 1 heterocycles. The Kier molecular flexibility index (Phi) is 13.4. The average molecular weight is 783 g/mol. The molecule has 6 N–H and O–H groups in total. The molecule has 5 rings (SSSR count). The van der Waals surface area contributed by atoms with Crippen molar-refractivity contribution in [1.29, 1.82) is 0 Å². The van der Waals surface area contributed by atoms with Crippen molar-refractivity contribution in [2.75, 3.05) is 47.7 Å². The van der Waals surface area contributed by atoms with Crippen LogP contribution in [0.5, 0.6) is 23.0 Å². The number of nitrogens with zero attached hydrogens (tertiary/aromatic N) is 1. The van der Waals surface area contributed by atoms with Gasteiger partial charge in [-0.1, -0.05) is 45.0 Å². The number of carboxylic acids is 1. The standard InChI is InChI=1S/C41H46N6O8S/c1-41(2,3)25-21-32(38(54-5)33(22-25)47-56(6)52)46-40(51)45-31-16-17-34(29-12-8-7-11-28(29)31)55-27-18-20-42-36(24-27)44-26-14-15-30(35(23-26)53-4)39(50)43-19-10-9-13-37(48)49/h7-8,11-12,14-18,20-24,47H,9-10,13,19H2,1-6H3,(H,42,44)(H,43,50)(H,48,49)(H2,45,46,51). The van der Waals surface area contributed by atoms with Crippen molar-refractivity contribution < 1.29 is 37.9 Å². The lowest BCUT2D eigenvalue weighted by molar-refractivity contribution is -0.137. The van der Waals surface area contributed by atoms with Gasteiger partial charge in [0.1, 0.15) is 34.1 Å². The number of nitrogens with one attached hydrogen (secondary N) is 5. The predicted molar refractivity (Wildman–Crippen MR) is 220 cm³/mol. The molecule has 14 nitrogen and oxygen atoms in total. The van der Waals surface area contributed by atoms with Crippen LogP contribution in [0.4, 0.5) is 33.4 Å². The number of unbranched alkanes of at least 4 members (excludes halogenated alkanes) is 1. The van der Waals surface area contributed by atoms with Gasteiger partial charge in [0.2, 0.25) is 0 Å². The lowest BCUT2D eigenvalue weighted by atomic mass is 9.86. The van der Waals surface area contributed by atoms with Gasteiger partial charge in [-0.2, -0.15) is 0 Å². The van der Waals surface area contributed by atoms with Crippen LogP contribution in [0.3, 0.4) is 0 Å². The van der Waals surface area contributed by atoms with Gasteiger partial charge < -0.3 is 45.3 Å². The first-order valence-electron chi connectivity index (χ1n) is 17.8. The average Bonchev–Trinajstić information content (AvgIpc) is 3.15. The fourth-order valence-electron chi connectivity index (χ4n) is 5.82. The van der Waals surface area contributed by atoms with Crippen molar-refractivity contribution in [2.24, 2.45) is 0 Å². The Hall–Kier alpha value is -6.35. The SMILES string of the molecule is COc1cc(Nc2cc(Oc3ccc(NC(=O)Nc4cc(C(C)(C)C)cc(NS(C)=O)c4OC)c4ccccc34)ccn2)ccc1C(=O)NCCCCC(=O)O. The Bertz CT molecular complexity index is 2260. The Morgan fingerprint density at radius 1 is 0.821 bits per heavy atom. The third-order valence-corrected chi connectivity index (χ3v) is 9.08. The Morgan fingerprint density at radius 2 is 1.55 bits per heavy atom. The number of methoxy groups -OCH3 is 2. The highest BCUT2D eigenvalue weighted by Gasteiger charge is 2.22. The van der Waals surface area contributed by atoms with Crippen molar-refractivity contribution in [3.63, 3.8) is 0 Å². The van der Waals surface area contributed by atoms with Crippen molar-refractivity contribution >= 4 is 68.2 Å². The van der Waals surface area contributed by atoms with E-state index >= 15 is 0 Å². The first-order chi connectivity index (χ1) is 26.7. The molecule has 5 aromatic rings. The summed E-state index contributed by atoms with van der Waals surface area (Å²) in [4.78, 5) is 41.4. The van der Waals surface area contributed by atoms with Crippen molar-refractivity contribution in [2.45, 2.75) is 45.4 Å². The minimum atomic E-state index is -1.37. The normalized spacial score (nSPS) is 11.6. The third-order valence-electron chi connectivity index (χ3n) is 8.57. The minimum absolute atomic E-state index is 0.0526. The molecule has 56 heavy (non-hydrogen) atoms. The molecule has 0 radical (unpaired) electrons. The number of hydrogen-bond donors (Lipinski definition) is 6. The van der Waals surface area contributed by atoms with Gasteiger partial charge in [0.15, 0.2) is 5.75 Å². The third kappa shape index (κ3) is 10.7. The lowest BCUT2D eigenvalue weighted by Gasteiger charge is -2.24. The Labute approximate surface area is 327 Å². The molecular formula is C41H46N6O8S. The van der Waals surface area contributed by atoms with E-state index in [1.165, 1.54) is 20.5 Å². The molecule has 0 spiro atoms. The van der Waals surface area contributed by atoms with Gasteiger partial charge >= 0.3 is 12.0 Å². The molecule has 1 unspecified atom stereocenters. The quantitative estimate of drug-likeness (QED) is 0.0530. The Balaban J connectivity index is 1.30. The number of ether oxygens (including phenoxy) is 3. The van der Waals surface area contributed by atoms with Crippen LogP contribution in [-0.2, 0) is 21.2 Å². The fraction of sp³-hybridized carbons (Fsp3) is 0.268. The molecule has 0 aliphatic carbocycles. The smallest absolute Gasteiger partial charge is 0.323 e. The predicted octanol–water partition coefficient (Wildman–Crippen LogP) is 8.42. The molecular weight excluding hydrogens is 737 g/mol. The number of carbonyl (C=O) groups excluding carboxylic acids is 2. The van der Waals surface area contributed by atoms with E-state index in [0.717, 1.165) is 16.3 Å². The van der Waals surface area contributed by atoms with Crippen LogP contribution in [0.25, 0.3) is 10.8 Å². The van der Waals surface area contributed by atoms with E-state index in [2.05, 4.69) is 31.0 Å². The second-order valence-corrected chi connectivity index (χ2v) is 14.9. The van der Waals surface area contributed by atoms with Gasteiger partial charge in [-0.15, -0.1) is 0 Å². The summed E-state index contributed by atoms with van der Waals surface area (Å²) in [5.41, 5.74) is 3.07. The second-order valence-electron chi connectivity index (χ2n) is 13.8. The number of carbonyl (C=O) groups is 3. The molecule has 1 atom stereocenters. The number of benzene rings is 4. The maximum atomic E-state index is 13.5. The van der Waals surface area contributed by atoms with E-state index in [1.807, 2.05) is 57.2 Å². The zero-order valence-electron chi connectivity index (χ0n) is 32.1. The van der Waals surface area contributed by atoms with Crippen molar-refractivity contribution in [1.82, 2.24) is 10.3 Å². The topological polar surface area (TPSA) is 189 Å². The van der Waals surface area contributed by atoms with E-state index in [0.29, 0.717) is 76.5 Å². The van der Waals surface area contributed by atoms with Gasteiger partial charge in [0, 0.05) is 54.0 Å². The van der Waals surface area contributed by atoms with Gasteiger partial charge in [0.25, 0.3) is 5.91 Å². The number of pyridine rings is 1. The van der Waals surface area contributed by atoms with E-state index in [1.54, 1.807) is 48.7 Å². The van der Waals surface area contributed by atoms with Gasteiger partial charge in [0.05, 0.1) is 36.8 Å². The zero-order valence-corrected chi connectivity index (χ0v) is 32.9. The molecule has 294 valence electrons. The van der Waals surface area contributed by atoms with E-state index < -0.39 is 23.0 Å². The molecule has 0 bridgehead atoms. The van der Waals surface area contributed by atoms with Gasteiger partial charge in [-0.25, -0.2) is 14.0 Å². The monoisotopic (exact) mass is 782 g/mol. The molecule has 0 aliphatic heterocycles. The van der Waals surface area contributed by atoms with Crippen LogP contribution in [0.2, 0.25) is 0 Å². The van der Waals surface area contributed by atoms with Crippen LogP contribution < -0.4 is 40.2 Å². The zero-order chi connectivity index (χ0) is 40.4. The summed E-state index contributed by atoms with van der Waals surface area (Å²) < 4.78 is 32.4. The van der Waals surface area contributed by atoms with E-state index in [-0.39, 0.29) is 17.7 Å². The van der Waals surface area contributed by atoms with Gasteiger partial charge in [-0.3, -0.25) is 9.59 Å². The van der Waals surface area contributed by atoms with Crippen LogP contribution >= 0.6 is 0 Å². The highest BCUT2D eigenvalue weighted by atomic mass is 32.2. The lowest BCUT2D eigenvalue weighted by Crippen LogP contribution is -2.25. The molecule has 0 fully saturated rings. The fourth-order valence-corrected chi connectivity index (χ4v) is 6.28. The highest BCUT2D eigenvalue weighted by molar-refractivity contribution is 7.85. The summed E-state index contributed by atoms with van der Waals surface area (Å²) in [5.74, 6) is 1.04. The number of carboxylic acid groups (broad SMARTS) is 1. The molecule has 15 heteroatoms. The van der Waals surface area contributed by atoms with Crippen LogP contribution in [0, 0.1) is 0 Å². The number of fused-ring (bicyclic) bond motifs is 1. The number of rotatable bonds is 16.